The third kappa shape index (κ3) is 3.67. The number of hydrogen-bond donors (Lipinski definition) is 0. The van der Waals surface area contributed by atoms with E-state index in [4.69, 9.17) is 0 Å². The van der Waals surface area contributed by atoms with Gasteiger partial charge in [-0.15, -0.1) is 0 Å². The van der Waals surface area contributed by atoms with Gasteiger partial charge in [-0.3, -0.25) is 14.5 Å². The lowest BCUT2D eigenvalue weighted by molar-refractivity contribution is -0.132. The van der Waals surface area contributed by atoms with E-state index in [1.54, 1.807) is 4.90 Å². The third-order valence-corrected chi connectivity index (χ3v) is 3.81. The fourth-order valence-electron chi connectivity index (χ4n) is 1.81. The molecular formula is C14H16N2O2S. The molecule has 0 aliphatic carbocycles. The standard InChI is InChI=1S/C8H10.C6H6N2O2S/c1-2-8-6-4-3-5-7-8;9-4-3-5(10)8-1-2-11-6(8)7-4/h3-7H,2H2,1H3;1-3H2. The maximum atomic E-state index is 11.1. The number of aliphatic imine (C=N–C) groups is 1. The summed E-state index contributed by atoms with van der Waals surface area (Å²) in [6.07, 6.45) is 1.09. The first kappa shape index (κ1) is 13.8. The first-order chi connectivity index (χ1) is 9.20. The van der Waals surface area contributed by atoms with Gasteiger partial charge < -0.3 is 0 Å². The Bertz CT molecular complexity index is 499. The van der Waals surface area contributed by atoms with Gasteiger partial charge in [-0.1, -0.05) is 49.0 Å². The van der Waals surface area contributed by atoms with Gasteiger partial charge in [0.25, 0.3) is 5.91 Å². The molecule has 4 nitrogen and oxygen atoms in total. The average molecular weight is 276 g/mol. The molecule has 0 unspecified atom stereocenters. The fourth-order valence-corrected chi connectivity index (χ4v) is 2.78. The quantitative estimate of drug-likeness (QED) is 0.738. The number of rotatable bonds is 1. The van der Waals surface area contributed by atoms with Crippen LogP contribution in [0.5, 0.6) is 0 Å². The Morgan fingerprint density at radius 3 is 2.63 bits per heavy atom. The Morgan fingerprint density at radius 2 is 2.00 bits per heavy atom. The van der Waals surface area contributed by atoms with E-state index in [1.165, 1.54) is 17.3 Å². The highest BCUT2D eigenvalue weighted by molar-refractivity contribution is 8.14. The SMILES string of the molecule is CCc1ccccc1.O=C1CC(=O)N2CCSC2=N1. The van der Waals surface area contributed by atoms with Crippen molar-refractivity contribution in [3.8, 4) is 0 Å². The van der Waals surface area contributed by atoms with Crippen LogP contribution in [0.3, 0.4) is 0 Å². The Hall–Kier alpha value is -1.62. The molecule has 1 saturated heterocycles. The highest BCUT2D eigenvalue weighted by Crippen LogP contribution is 2.22. The van der Waals surface area contributed by atoms with E-state index >= 15 is 0 Å². The molecule has 19 heavy (non-hydrogen) atoms. The van der Waals surface area contributed by atoms with Gasteiger partial charge in [-0.25, -0.2) is 0 Å². The summed E-state index contributed by atoms with van der Waals surface area (Å²) in [5.41, 5.74) is 1.41. The Labute approximate surface area is 116 Å². The molecule has 3 rings (SSSR count). The van der Waals surface area contributed by atoms with E-state index in [2.05, 4.69) is 36.2 Å². The van der Waals surface area contributed by atoms with Crippen LogP contribution in [0.15, 0.2) is 35.3 Å². The smallest absolute Gasteiger partial charge is 0.257 e. The normalized spacial score (nSPS) is 17.5. The Balaban J connectivity index is 0.000000148. The second kappa shape index (κ2) is 6.52. The number of fused-ring (bicyclic) bond motifs is 1. The van der Waals surface area contributed by atoms with Crippen LogP contribution < -0.4 is 0 Å². The van der Waals surface area contributed by atoms with Gasteiger partial charge in [0.05, 0.1) is 0 Å². The van der Waals surface area contributed by atoms with Crippen molar-refractivity contribution in [3.63, 3.8) is 0 Å². The van der Waals surface area contributed by atoms with Gasteiger partial charge >= 0.3 is 0 Å². The van der Waals surface area contributed by atoms with Gasteiger partial charge in [-0.2, -0.15) is 4.99 Å². The largest absolute Gasteiger partial charge is 0.290 e. The van der Waals surface area contributed by atoms with Crippen molar-refractivity contribution in [1.29, 1.82) is 0 Å². The molecule has 0 spiro atoms. The Kier molecular flexibility index (Phi) is 4.74. The summed E-state index contributed by atoms with van der Waals surface area (Å²) in [6, 6.07) is 10.5. The van der Waals surface area contributed by atoms with Crippen LogP contribution in [0.25, 0.3) is 0 Å². The van der Waals surface area contributed by atoms with E-state index in [0.717, 1.165) is 12.2 Å². The lowest BCUT2D eigenvalue weighted by atomic mass is 10.2. The molecule has 2 aliphatic rings. The van der Waals surface area contributed by atoms with Gasteiger partial charge in [0.15, 0.2) is 5.17 Å². The monoisotopic (exact) mass is 276 g/mol. The zero-order chi connectivity index (χ0) is 13.7. The molecule has 0 radical (unpaired) electrons. The number of amidine groups is 1. The highest BCUT2D eigenvalue weighted by atomic mass is 32.2. The van der Waals surface area contributed by atoms with Crippen LogP contribution in [0, 0.1) is 0 Å². The lowest BCUT2D eigenvalue weighted by Crippen LogP contribution is -2.36. The van der Waals surface area contributed by atoms with Crippen LogP contribution in [0.1, 0.15) is 18.9 Å². The summed E-state index contributed by atoms with van der Waals surface area (Å²) >= 11 is 1.47. The van der Waals surface area contributed by atoms with Gasteiger partial charge in [0.2, 0.25) is 5.91 Å². The molecule has 1 fully saturated rings. The fraction of sp³-hybridized carbons (Fsp3) is 0.357. The predicted molar refractivity (Wildman–Crippen MR) is 77.1 cm³/mol. The summed E-state index contributed by atoms with van der Waals surface area (Å²) in [7, 11) is 0. The molecule has 0 aromatic heterocycles. The van der Waals surface area contributed by atoms with E-state index in [9.17, 15) is 9.59 Å². The maximum Gasteiger partial charge on any atom is 0.257 e. The zero-order valence-electron chi connectivity index (χ0n) is 10.8. The molecule has 0 atom stereocenters. The summed E-state index contributed by atoms with van der Waals surface area (Å²) in [5.74, 6) is 0.443. The number of carbonyl (C=O) groups is 2. The molecule has 1 aromatic carbocycles. The molecule has 100 valence electrons. The van der Waals surface area contributed by atoms with Crippen LogP contribution >= 0.6 is 11.8 Å². The average Bonchev–Trinajstić information content (AvgIpc) is 2.89. The van der Waals surface area contributed by atoms with Crippen molar-refractivity contribution >= 4 is 28.7 Å². The van der Waals surface area contributed by atoms with Crippen LogP contribution in [-0.2, 0) is 16.0 Å². The van der Waals surface area contributed by atoms with Crippen molar-refractivity contribution in [3.05, 3.63) is 35.9 Å². The predicted octanol–water partition coefficient (Wildman–Crippen LogP) is 2.10. The number of nitrogens with zero attached hydrogens (tertiary/aromatic N) is 2. The van der Waals surface area contributed by atoms with Gasteiger partial charge in [0.1, 0.15) is 6.42 Å². The second-order valence-corrected chi connectivity index (χ2v) is 5.26. The zero-order valence-corrected chi connectivity index (χ0v) is 11.7. The number of hydrogen-bond acceptors (Lipinski definition) is 3. The van der Waals surface area contributed by atoms with E-state index < -0.39 is 0 Å². The number of amides is 2. The molecule has 1 aromatic rings. The van der Waals surface area contributed by atoms with E-state index in [0.29, 0.717) is 11.7 Å². The molecule has 0 saturated carbocycles. The molecule has 2 amide bonds. The minimum atomic E-state index is -0.310. The molecular weight excluding hydrogens is 260 g/mol. The topological polar surface area (TPSA) is 49.7 Å². The number of carbonyl (C=O) groups excluding carboxylic acids is 2. The molecule has 0 bridgehead atoms. The van der Waals surface area contributed by atoms with Crippen molar-refractivity contribution in [2.75, 3.05) is 12.3 Å². The van der Waals surface area contributed by atoms with Crippen molar-refractivity contribution < 1.29 is 9.59 Å². The van der Waals surface area contributed by atoms with Crippen molar-refractivity contribution in [2.45, 2.75) is 19.8 Å². The summed E-state index contributed by atoms with van der Waals surface area (Å²) in [5, 5.41) is 0.589. The highest BCUT2D eigenvalue weighted by Gasteiger charge is 2.31. The van der Waals surface area contributed by atoms with Crippen molar-refractivity contribution in [1.82, 2.24) is 4.90 Å². The Morgan fingerprint density at radius 1 is 1.26 bits per heavy atom. The van der Waals surface area contributed by atoms with Crippen LogP contribution in [-0.4, -0.2) is 34.2 Å². The first-order valence-electron chi connectivity index (χ1n) is 6.29. The number of benzene rings is 1. The van der Waals surface area contributed by atoms with Crippen LogP contribution in [0.4, 0.5) is 0 Å². The number of aryl methyl sites for hydroxylation is 1. The first-order valence-corrected chi connectivity index (χ1v) is 7.28. The van der Waals surface area contributed by atoms with E-state index in [-0.39, 0.29) is 18.2 Å². The second-order valence-electron chi connectivity index (χ2n) is 4.20. The maximum absolute atomic E-state index is 11.1. The van der Waals surface area contributed by atoms with Gasteiger partial charge in [-0.05, 0) is 12.0 Å². The molecule has 0 N–H and O–H groups in total. The summed E-state index contributed by atoms with van der Waals surface area (Å²) in [6.45, 7) is 2.87. The summed E-state index contributed by atoms with van der Waals surface area (Å²) < 4.78 is 0. The molecule has 2 aliphatic heterocycles. The molecule has 2 heterocycles. The number of thioether (sulfide) groups is 1. The minimum Gasteiger partial charge on any atom is -0.290 e. The molecule has 5 heteroatoms. The summed E-state index contributed by atoms with van der Waals surface area (Å²) in [4.78, 5) is 27.2. The lowest BCUT2D eigenvalue weighted by Gasteiger charge is -2.17. The van der Waals surface area contributed by atoms with Gasteiger partial charge in [0, 0.05) is 12.3 Å². The minimum absolute atomic E-state index is 0.0515. The van der Waals surface area contributed by atoms with Crippen molar-refractivity contribution in [2.24, 2.45) is 4.99 Å². The van der Waals surface area contributed by atoms with E-state index in [1.807, 2.05) is 6.07 Å². The van der Waals surface area contributed by atoms with Crippen LogP contribution in [0.2, 0.25) is 0 Å². The third-order valence-electron chi connectivity index (χ3n) is 2.85.